The van der Waals surface area contributed by atoms with Crippen molar-refractivity contribution in [3.05, 3.63) is 28.7 Å². The molecule has 1 aliphatic heterocycles. The number of benzene rings is 1. The first-order chi connectivity index (χ1) is 10.0. The second kappa shape index (κ2) is 7.27. The molecule has 1 heterocycles. The van der Waals surface area contributed by atoms with E-state index in [-0.39, 0.29) is 11.9 Å². The van der Waals surface area contributed by atoms with Crippen molar-refractivity contribution in [2.75, 3.05) is 13.1 Å². The molecule has 2 N–H and O–H groups in total. The van der Waals surface area contributed by atoms with Gasteiger partial charge in [0.15, 0.2) is 6.10 Å². The fraction of sp³-hybridized carbons (Fsp3) is 0.562. The number of nitrogens with two attached hydrogens (primary N) is 1. The number of hydrogen-bond acceptors (Lipinski definition) is 3. The van der Waals surface area contributed by atoms with Crippen molar-refractivity contribution in [2.45, 2.75) is 38.8 Å². The van der Waals surface area contributed by atoms with Crippen LogP contribution in [-0.4, -0.2) is 36.0 Å². The highest BCUT2D eigenvalue weighted by Crippen LogP contribution is 2.24. The Morgan fingerprint density at radius 1 is 1.48 bits per heavy atom. The van der Waals surface area contributed by atoms with Crippen LogP contribution in [-0.2, 0) is 4.79 Å². The van der Waals surface area contributed by atoms with Crippen LogP contribution in [0.15, 0.2) is 28.7 Å². The van der Waals surface area contributed by atoms with E-state index in [2.05, 4.69) is 22.9 Å². The van der Waals surface area contributed by atoms with Crippen LogP contribution in [0, 0.1) is 5.92 Å². The highest BCUT2D eigenvalue weighted by molar-refractivity contribution is 9.10. The molecule has 1 saturated heterocycles. The molecular weight excluding hydrogens is 332 g/mol. The van der Waals surface area contributed by atoms with Crippen LogP contribution in [0.1, 0.15) is 26.7 Å². The van der Waals surface area contributed by atoms with Crippen molar-refractivity contribution in [2.24, 2.45) is 11.7 Å². The summed E-state index contributed by atoms with van der Waals surface area (Å²) >= 11 is 3.38. The Hall–Kier alpha value is -1.07. The first-order valence-corrected chi connectivity index (χ1v) is 8.23. The molecule has 1 amide bonds. The number of carbonyl (C=O) groups is 1. The van der Waals surface area contributed by atoms with E-state index in [1.54, 1.807) is 6.92 Å². The van der Waals surface area contributed by atoms with Crippen LogP contribution in [0.3, 0.4) is 0 Å². The van der Waals surface area contributed by atoms with Gasteiger partial charge in [0.2, 0.25) is 0 Å². The Morgan fingerprint density at radius 3 is 2.76 bits per heavy atom. The third kappa shape index (κ3) is 4.20. The van der Waals surface area contributed by atoms with Gasteiger partial charge in [0.1, 0.15) is 5.75 Å². The monoisotopic (exact) mass is 354 g/mol. The first-order valence-electron chi connectivity index (χ1n) is 7.44. The molecule has 1 fully saturated rings. The van der Waals surface area contributed by atoms with E-state index in [0.717, 1.165) is 23.9 Å². The molecule has 3 atom stereocenters. The van der Waals surface area contributed by atoms with Crippen molar-refractivity contribution in [1.82, 2.24) is 4.90 Å². The van der Waals surface area contributed by atoms with E-state index in [4.69, 9.17) is 10.5 Å². The lowest BCUT2D eigenvalue weighted by Crippen LogP contribution is -2.52. The normalized spacial score (nSPS) is 23.7. The quantitative estimate of drug-likeness (QED) is 0.904. The van der Waals surface area contributed by atoms with Crippen molar-refractivity contribution in [3.8, 4) is 5.75 Å². The predicted molar refractivity (Wildman–Crippen MR) is 87.2 cm³/mol. The van der Waals surface area contributed by atoms with Gasteiger partial charge in [0.05, 0.1) is 0 Å². The standard InChI is InChI=1S/C16H23BrN2O2/c1-11-7-8-19(14(9-11)10-18)16(20)12(2)21-15-5-3-13(17)4-6-15/h3-6,11-12,14H,7-10,18H2,1-2H3. The Kier molecular flexibility index (Phi) is 5.65. The molecule has 0 saturated carbocycles. The zero-order valence-corrected chi connectivity index (χ0v) is 14.2. The van der Waals surface area contributed by atoms with Gasteiger partial charge in [-0.1, -0.05) is 22.9 Å². The molecule has 1 aromatic carbocycles. The van der Waals surface area contributed by atoms with Crippen molar-refractivity contribution in [3.63, 3.8) is 0 Å². The van der Waals surface area contributed by atoms with Gasteiger partial charge < -0.3 is 15.4 Å². The second-order valence-electron chi connectivity index (χ2n) is 5.76. The van der Waals surface area contributed by atoms with E-state index in [0.29, 0.717) is 18.2 Å². The van der Waals surface area contributed by atoms with Gasteiger partial charge in [-0.2, -0.15) is 0 Å². The van der Waals surface area contributed by atoms with E-state index < -0.39 is 6.10 Å². The highest BCUT2D eigenvalue weighted by Gasteiger charge is 2.32. The Balaban J connectivity index is 1.99. The average Bonchev–Trinajstić information content (AvgIpc) is 2.48. The number of hydrogen-bond donors (Lipinski definition) is 1. The molecule has 3 unspecified atom stereocenters. The summed E-state index contributed by atoms with van der Waals surface area (Å²) in [5.74, 6) is 1.36. The molecule has 4 nitrogen and oxygen atoms in total. The smallest absolute Gasteiger partial charge is 0.263 e. The molecule has 0 spiro atoms. The van der Waals surface area contributed by atoms with Gasteiger partial charge in [-0.15, -0.1) is 0 Å². The molecule has 1 aromatic rings. The van der Waals surface area contributed by atoms with E-state index in [1.165, 1.54) is 0 Å². The number of likely N-dealkylation sites (tertiary alicyclic amines) is 1. The molecule has 116 valence electrons. The van der Waals surface area contributed by atoms with Crippen LogP contribution in [0.4, 0.5) is 0 Å². The minimum Gasteiger partial charge on any atom is -0.481 e. The summed E-state index contributed by atoms with van der Waals surface area (Å²) in [6.45, 7) is 5.30. The average molecular weight is 355 g/mol. The van der Waals surface area contributed by atoms with Crippen LogP contribution in [0.5, 0.6) is 5.75 Å². The number of halogens is 1. The number of amides is 1. The van der Waals surface area contributed by atoms with Gasteiger partial charge in [0, 0.05) is 23.6 Å². The van der Waals surface area contributed by atoms with Crippen LogP contribution in [0.25, 0.3) is 0 Å². The Bertz CT molecular complexity index is 478. The molecular formula is C16H23BrN2O2. The van der Waals surface area contributed by atoms with E-state index in [9.17, 15) is 4.79 Å². The Morgan fingerprint density at radius 2 is 2.14 bits per heavy atom. The number of nitrogens with zero attached hydrogens (tertiary/aromatic N) is 1. The van der Waals surface area contributed by atoms with Crippen molar-refractivity contribution < 1.29 is 9.53 Å². The van der Waals surface area contributed by atoms with Gasteiger partial charge in [0.25, 0.3) is 5.91 Å². The van der Waals surface area contributed by atoms with Gasteiger partial charge in [-0.25, -0.2) is 0 Å². The maximum Gasteiger partial charge on any atom is 0.263 e. The van der Waals surface area contributed by atoms with Gasteiger partial charge >= 0.3 is 0 Å². The SMILES string of the molecule is CC1CCN(C(=O)C(C)Oc2ccc(Br)cc2)C(CN)C1. The van der Waals surface area contributed by atoms with Crippen molar-refractivity contribution >= 4 is 21.8 Å². The molecule has 21 heavy (non-hydrogen) atoms. The zero-order valence-electron chi connectivity index (χ0n) is 12.6. The number of carbonyl (C=O) groups excluding carboxylic acids is 1. The van der Waals surface area contributed by atoms with Gasteiger partial charge in [-0.05, 0) is 49.9 Å². The van der Waals surface area contributed by atoms with Crippen LogP contribution < -0.4 is 10.5 Å². The molecule has 2 rings (SSSR count). The number of rotatable bonds is 4. The summed E-state index contributed by atoms with van der Waals surface area (Å²) in [6, 6.07) is 7.64. The van der Waals surface area contributed by atoms with Crippen LogP contribution in [0.2, 0.25) is 0 Å². The number of piperidine rings is 1. The van der Waals surface area contributed by atoms with Crippen molar-refractivity contribution in [1.29, 1.82) is 0 Å². The van der Waals surface area contributed by atoms with Gasteiger partial charge in [-0.3, -0.25) is 4.79 Å². The third-order valence-electron chi connectivity index (χ3n) is 4.01. The molecule has 0 aliphatic carbocycles. The predicted octanol–water partition coefficient (Wildman–Crippen LogP) is 2.80. The molecule has 0 bridgehead atoms. The maximum absolute atomic E-state index is 12.6. The summed E-state index contributed by atoms with van der Waals surface area (Å²) in [5, 5.41) is 0. The maximum atomic E-state index is 12.6. The van der Waals surface area contributed by atoms with E-state index in [1.807, 2.05) is 29.2 Å². The van der Waals surface area contributed by atoms with E-state index >= 15 is 0 Å². The zero-order chi connectivity index (χ0) is 15.4. The lowest BCUT2D eigenvalue weighted by atomic mass is 9.92. The molecule has 1 aliphatic rings. The lowest BCUT2D eigenvalue weighted by molar-refractivity contribution is -0.142. The fourth-order valence-electron chi connectivity index (χ4n) is 2.77. The topological polar surface area (TPSA) is 55.6 Å². The largest absolute Gasteiger partial charge is 0.481 e. The van der Waals surface area contributed by atoms with Crippen LogP contribution >= 0.6 is 15.9 Å². The minimum absolute atomic E-state index is 0.0280. The minimum atomic E-state index is -0.492. The fourth-order valence-corrected chi connectivity index (χ4v) is 3.03. The summed E-state index contributed by atoms with van der Waals surface area (Å²) < 4.78 is 6.74. The first kappa shape index (κ1) is 16.3. The number of ether oxygens (including phenoxy) is 1. The third-order valence-corrected chi connectivity index (χ3v) is 4.54. The molecule has 5 heteroatoms. The summed E-state index contributed by atoms with van der Waals surface area (Å²) in [4.78, 5) is 14.5. The molecule has 0 radical (unpaired) electrons. The Labute approximate surface area is 134 Å². The highest BCUT2D eigenvalue weighted by atomic mass is 79.9. The summed E-state index contributed by atoms with van der Waals surface area (Å²) in [7, 11) is 0. The summed E-state index contributed by atoms with van der Waals surface area (Å²) in [6.07, 6.45) is 1.52. The summed E-state index contributed by atoms with van der Waals surface area (Å²) in [5.41, 5.74) is 5.82. The second-order valence-corrected chi connectivity index (χ2v) is 6.68. The molecule has 0 aromatic heterocycles. The lowest BCUT2D eigenvalue weighted by Gasteiger charge is -2.39.